The summed E-state index contributed by atoms with van der Waals surface area (Å²) < 4.78 is 23.9. The Morgan fingerprint density at radius 1 is 1.46 bits per heavy atom. The van der Waals surface area contributed by atoms with Crippen molar-refractivity contribution in [2.45, 2.75) is 25.9 Å². The summed E-state index contributed by atoms with van der Waals surface area (Å²) in [5.74, 6) is -1.51. The molecule has 0 aliphatic carbocycles. The third-order valence-electron chi connectivity index (χ3n) is 4.79. The molecular weight excluding hydrogens is 343 g/mol. The van der Waals surface area contributed by atoms with Crippen LogP contribution in [0.4, 0.5) is 10.2 Å². The van der Waals surface area contributed by atoms with E-state index in [1.807, 2.05) is 0 Å². The van der Waals surface area contributed by atoms with Crippen molar-refractivity contribution >= 4 is 11.8 Å². The van der Waals surface area contributed by atoms with Gasteiger partial charge in [0.25, 0.3) is 0 Å². The van der Waals surface area contributed by atoms with E-state index in [0.29, 0.717) is 18.7 Å². The van der Waals surface area contributed by atoms with Crippen LogP contribution in [0.5, 0.6) is 5.75 Å². The fourth-order valence-corrected chi connectivity index (χ4v) is 3.22. The summed E-state index contributed by atoms with van der Waals surface area (Å²) in [4.78, 5) is 13.6. The highest BCUT2D eigenvalue weighted by Crippen LogP contribution is 2.37. The molecule has 1 aromatic heterocycles. The quantitative estimate of drug-likeness (QED) is 0.842. The molecule has 2 heterocycles. The lowest BCUT2D eigenvalue weighted by Crippen LogP contribution is -2.33. The monoisotopic (exact) mass is 364 g/mol. The maximum absolute atomic E-state index is 13.6. The van der Waals surface area contributed by atoms with Crippen molar-refractivity contribution in [2.75, 3.05) is 25.1 Å². The molecule has 2 N–H and O–H groups in total. The van der Waals surface area contributed by atoms with Gasteiger partial charge in [-0.2, -0.15) is 0 Å². The summed E-state index contributed by atoms with van der Waals surface area (Å²) in [6.07, 6.45) is 0.717. The van der Waals surface area contributed by atoms with Crippen LogP contribution in [0.1, 0.15) is 30.6 Å². The molecule has 1 saturated heterocycles. The molecule has 7 nitrogen and oxygen atoms in total. The number of aromatic carboxylic acids is 1. The van der Waals surface area contributed by atoms with E-state index in [1.54, 1.807) is 18.7 Å². The minimum Gasteiger partial charge on any atom is -0.494 e. The van der Waals surface area contributed by atoms with Gasteiger partial charge in [0.05, 0.1) is 12.7 Å². The number of aromatic nitrogens is 1. The first kappa shape index (κ1) is 18.2. The van der Waals surface area contributed by atoms with Crippen molar-refractivity contribution in [3.63, 3.8) is 0 Å². The van der Waals surface area contributed by atoms with Gasteiger partial charge in [0.15, 0.2) is 28.7 Å². The molecule has 3 rings (SSSR count). The van der Waals surface area contributed by atoms with Gasteiger partial charge in [0.2, 0.25) is 0 Å². The van der Waals surface area contributed by atoms with Crippen molar-refractivity contribution < 1.29 is 28.7 Å². The van der Waals surface area contributed by atoms with Crippen LogP contribution >= 0.6 is 0 Å². The van der Waals surface area contributed by atoms with Crippen molar-refractivity contribution in [3.05, 3.63) is 29.6 Å². The number of anilines is 1. The van der Waals surface area contributed by atoms with Crippen LogP contribution in [0.2, 0.25) is 0 Å². The fourth-order valence-electron chi connectivity index (χ4n) is 3.22. The molecule has 0 saturated carbocycles. The number of carbonyl (C=O) groups is 1. The van der Waals surface area contributed by atoms with Gasteiger partial charge in [-0.3, -0.25) is 0 Å². The molecule has 2 aromatic rings. The SMILES string of the molecule is COc1cc(-c2onc(N3CCC(C(C)(C)O)C3)c2C(=O)O)ccc1F. The van der Waals surface area contributed by atoms with E-state index >= 15 is 0 Å². The minimum absolute atomic E-state index is 0.00444. The molecule has 1 aromatic carbocycles. The molecule has 0 spiro atoms. The normalized spacial score (nSPS) is 17.6. The van der Waals surface area contributed by atoms with E-state index in [0.717, 1.165) is 6.42 Å². The summed E-state index contributed by atoms with van der Waals surface area (Å²) in [5, 5.41) is 23.8. The van der Waals surface area contributed by atoms with Crippen LogP contribution in [0.15, 0.2) is 22.7 Å². The van der Waals surface area contributed by atoms with Gasteiger partial charge < -0.3 is 24.4 Å². The lowest BCUT2D eigenvalue weighted by molar-refractivity contribution is 0.0263. The first-order valence-electron chi connectivity index (χ1n) is 8.26. The van der Waals surface area contributed by atoms with Gasteiger partial charge >= 0.3 is 5.97 Å². The van der Waals surface area contributed by atoms with Crippen molar-refractivity contribution in [1.29, 1.82) is 0 Å². The topological polar surface area (TPSA) is 96.0 Å². The number of hydrogen-bond donors (Lipinski definition) is 2. The number of hydrogen-bond acceptors (Lipinski definition) is 6. The summed E-state index contributed by atoms with van der Waals surface area (Å²) in [6, 6.07) is 3.97. The summed E-state index contributed by atoms with van der Waals surface area (Å²) in [6.45, 7) is 4.51. The van der Waals surface area contributed by atoms with Crippen LogP contribution in [0, 0.1) is 11.7 Å². The van der Waals surface area contributed by atoms with Gasteiger partial charge in [-0.15, -0.1) is 0 Å². The highest BCUT2D eigenvalue weighted by molar-refractivity contribution is 5.99. The van der Waals surface area contributed by atoms with E-state index < -0.39 is 17.4 Å². The Hall–Kier alpha value is -2.61. The number of benzene rings is 1. The second-order valence-electron chi connectivity index (χ2n) is 6.95. The molecule has 1 unspecified atom stereocenters. The van der Waals surface area contributed by atoms with Gasteiger partial charge in [-0.1, -0.05) is 5.16 Å². The number of carboxylic acids is 1. The average Bonchev–Trinajstić information content (AvgIpc) is 3.21. The van der Waals surface area contributed by atoms with E-state index in [9.17, 15) is 19.4 Å². The lowest BCUT2D eigenvalue weighted by Gasteiger charge is -2.25. The number of ether oxygens (including phenoxy) is 1. The Labute approximate surface area is 150 Å². The maximum Gasteiger partial charge on any atom is 0.343 e. The predicted octanol–water partition coefficient (Wildman–Crippen LogP) is 2.78. The zero-order valence-electron chi connectivity index (χ0n) is 14.8. The second-order valence-corrected chi connectivity index (χ2v) is 6.95. The van der Waals surface area contributed by atoms with Gasteiger partial charge in [0, 0.05) is 24.6 Å². The first-order chi connectivity index (χ1) is 12.2. The van der Waals surface area contributed by atoms with Crippen molar-refractivity contribution in [1.82, 2.24) is 5.16 Å². The fraction of sp³-hybridized carbons (Fsp3) is 0.444. The molecule has 1 fully saturated rings. The number of carboxylic acid groups (broad SMARTS) is 1. The Bertz CT molecular complexity index is 827. The third-order valence-corrected chi connectivity index (χ3v) is 4.79. The Balaban J connectivity index is 1.99. The summed E-state index contributed by atoms with van der Waals surface area (Å²) >= 11 is 0. The Morgan fingerprint density at radius 3 is 2.77 bits per heavy atom. The Kier molecular flexibility index (Phi) is 4.62. The molecular formula is C18H21FN2O5. The van der Waals surface area contributed by atoms with Crippen molar-refractivity contribution in [2.24, 2.45) is 5.92 Å². The standard InChI is InChI=1S/C18H21FN2O5/c1-18(2,24)11-6-7-21(9-11)16-14(17(22)23)15(26-20-16)10-4-5-12(19)13(8-10)25-3/h4-5,8,11,24H,6-7,9H2,1-3H3,(H,22,23). The second kappa shape index (κ2) is 6.60. The zero-order valence-corrected chi connectivity index (χ0v) is 14.8. The molecule has 1 atom stereocenters. The van der Waals surface area contributed by atoms with Crippen LogP contribution in [0.25, 0.3) is 11.3 Å². The minimum atomic E-state index is -1.19. The highest BCUT2D eigenvalue weighted by Gasteiger charge is 2.37. The molecule has 140 valence electrons. The summed E-state index contributed by atoms with van der Waals surface area (Å²) in [7, 11) is 1.33. The number of methoxy groups -OCH3 is 1. The molecule has 0 bridgehead atoms. The number of rotatable bonds is 5. The molecule has 1 aliphatic heterocycles. The van der Waals surface area contributed by atoms with Crippen LogP contribution < -0.4 is 9.64 Å². The Morgan fingerprint density at radius 2 is 2.19 bits per heavy atom. The van der Waals surface area contributed by atoms with E-state index in [4.69, 9.17) is 9.26 Å². The van der Waals surface area contributed by atoms with Crippen LogP contribution in [-0.4, -0.2) is 47.1 Å². The smallest absolute Gasteiger partial charge is 0.343 e. The molecule has 26 heavy (non-hydrogen) atoms. The number of aliphatic hydroxyl groups is 1. The molecule has 0 radical (unpaired) electrons. The van der Waals surface area contributed by atoms with Crippen LogP contribution in [0.3, 0.4) is 0 Å². The average molecular weight is 364 g/mol. The number of halogens is 1. The molecule has 8 heteroatoms. The molecule has 0 amide bonds. The van der Waals surface area contributed by atoms with E-state index in [-0.39, 0.29) is 28.8 Å². The molecule has 1 aliphatic rings. The zero-order chi connectivity index (χ0) is 19.1. The highest BCUT2D eigenvalue weighted by atomic mass is 19.1. The summed E-state index contributed by atoms with van der Waals surface area (Å²) in [5.41, 5.74) is -0.595. The van der Waals surface area contributed by atoms with Gasteiger partial charge in [0.1, 0.15) is 0 Å². The predicted molar refractivity (Wildman–Crippen MR) is 92.0 cm³/mol. The van der Waals surface area contributed by atoms with Crippen molar-refractivity contribution in [3.8, 4) is 17.1 Å². The lowest BCUT2D eigenvalue weighted by atomic mass is 9.90. The van der Waals surface area contributed by atoms with Crippen LogP contribution in [-0.2, 0) is 0 Å². The van der Waals surface area contributed by atoms with Gasteiger partial charge in [-0.25, -0.2) is 9.18 Å². The third kappa shape index (κ3) is 3.24. The van der Waals surface area contributed by atoms with E-state index in [1.165, 1.54) is 25.3 Å². The van der Waals surface area contributed by atoms with E-state index in [2.05, 4.69) is 5.16 Å². The number of nitrogens with zero attached hydrogens (tertiary/aromatic N) is 2. The maximum atomic E-state index is 13.6. The largest absolute Gasteiger partial charge is 0.494 e. The first-order valence-corrected chi connectivity index (χ1v) is 8.26. The van der Waals surface area contributed by atoms with Gasteiger partial charge in [-0.05, 0) is 38.5 Å².